The van der Waals surface area contributed by atoms with Crippen molar-refractivity contribution in [3.05, 3.63) is 54.1 Å². The van der Waals surface area contributed by atoms with Crippen LogP contribution in [0.25, 0.3) is 10.6 Å². The Hall–Kier alpha value is -2.98. The third kappa shape index (κ3) is 4.95. The number of ether oxygens (including phenoxy) is 1. The molecule has 1 atom stereocenters. The molecule has 30 heavy (non-hydrogen) atoms. The molecule has 0 radical (unpaired) electrons. The minimum Gasteiger partial charge on any atom is -0.497 e. The van der Waals surface area contributed by atoms with Gasteiger partial charge < -0.3 is 4.74 Å². The van der Waals surface area contributed by atoms with E-state index in [1.165, 1.54) is 18.3 Å². The molecule has 3 rings (SSSR count). The molecule has 0 spiro atoms. The number of nitrogens with one attached hydrogen (secondary N) is 1. The summed E-state index contributed by atoms with van der Waals surface area (Å²) in [5.74, 6) is 0.223. The molecule has 0 aliphatic rings. The van der Waals surface area contributed by atoms with E-state index in [2.05, 4.69) is 15.5 Å². The molecule has 10 heteroatoms. The number of anilines is 2. The molecule has 8 nitrogen and oxygen atoms in total. The minimum absolute atomic E-state index is 0.287. The normalized spacial score (nSPS) is 12.3. The Kier molecular flexibility index (Phi) is 6.37. The third-order valence-electron chi connectivity index (χ3n) is 4.37. The van der Waals surface area contributed by atoms with E-state index in [0.29, 0.717) is 10.7 Å². The van der Waals surface area contributed by atoms with Crippen molar-refractivity contribution in [2.75, 3.05) is 23.0 Å². The van der Waals surface area contributed by atoms with Gasteiger partial charge in [0.2, 0.25) is 21.1 Å². The summed E-state index contributed by atoms with van der Waals surface area (Å²) in [5, 5.41) is 11.7. The molecule has 3 aromatic rings. The van der Waals surface area contributed by atoms with Crippen molar-refractivity contribution in [3.63, 3.8) is 0 Å². The van der Waals surface area contributed by atoms with Crippen LogP contribution < -0.4 is 14.4 Å². The first-order chi connectivity index (χ1) is 14.2. The van der Waals surface area contributed by atoms with E-state index >= 15 is 0 Å². The maximum atomic E-state index is 12.8. The van der Waals surface area contributed by atoms with Gasteiger partial charge in [0.1, 0.15) is 16.8 Å². The first kappa shape index (κ1) is 21.7. The van der Waals surface area contributed by atoms with Crippen LogP contribution in [0.4, 0.5) is 10.8 Å². The van der Waals surface area contributed by atoms with Crippen LogP contribution in [-0.4, -0.2) is 43.9 Å². The zero-order valence-electron chi connectivity index (χ0n) is 17.0. The Morgan fingerprint density at radius 2 is 1.73 bits per heavy atom. The number of nitrogens with zero attached hydrogens (tertiary/aromatic N) is 3. The number of carbonyl (C=O) groups excluding carboxylic acids is 1. The van der Waals surface area contributed by atoms with Crippen LogP contribution in [0.3, 0.4) is 0 Å². The highest BCUT2D eigenvalue weighted by Gasteiger charge is 2.29. The van der Waals surface area contributed by atoms with Gasteiger partial charge in [-0.25, -0.2) is 8.42 Å². The lowest BCUT2D eigenvalue weighted by molar-refractivity contribution is -0.116. The third-order valence-corrected chi connectivity index (χ3v) is 6.50. The number of hydrogen-bond donors (Lipinski definition) is 1. The van der Waals surface area contributed by atoms with Gasteiger partial charge in [-0.2, -0.15) is 0 Å². The van der Waals surface area contributed by atoms with E-state index in [0.717, 1.165) is 27.4 Å². The number of benzene rings is 2. The van der Waals surface area contributed by atoms with E-state index in [9.17, 15) is 13.2 Å². The van der Waals surface area contributed by atoms with E-state index in [4.69, 9.17) is 4.74 Å². The second-order valence-electron chi connectivity index (χ2n) is 6.70. The number of sulfonamides is 1. The van der Waals surface area contributed by atoms with Crippen molar-refractivity contribution in [2.45, 2.75) is 19.9 Å². The number of hydrogen-bond acceptors (Lipinski definition) is 7. The molecule has 0 bridgehead atoms. The van der Waals surface area contributed by atoms with Gasteiger partial charge in [0.15, 0.2) is 0 Å². The van der Waals surface area contributed by atoms with Crippen LogP contribution in [0.1, 0.15) is 12.5 Å². The monoisotopic (exact) mass is 446 g/mol. The van der Waals surface area contributed by atoms with Gasteiger partial charge in [-0.1, -0.05) is 29.0 Å². The lowest BCUT2D eigenvalue weighted by Gasteiger charge is -2.27. The van der Waals surface area contributed by atoms with Gasteiger partial charge in [-0.05, 0) is 50.2 Å². The Morgan fingerprint density at radius 3 is 2.30 bits per heavy atom. The topological polar surface area (TPSA) is 101 Å². The van der Waals surface area contributed by atoms with Gasteiger partial charge in [-0.15, -0.1) is 10.2 Å². The van der Waals surface area contributed by atoms with E-state index in [-0.39, 0.29) is 5.13 Å². The Labute approximate surface area is 179 Å². The molecule has 1 heterocycles. The number of amides is 1. The van der Waals surface area contributed by atoms with Gasteiger partial charge in [0, 0.05) is 5.56 Å². The predicted octanol–water partition coefficient (Wildman–Crippen LogP) is 3.32. The van der Waals surface area contributed by atoms with Crippen LogP contribution in [0.2, 0.25) is 0 Å². The highest BCUT2D eigenvalue weighted by molar-refractivity contribution is 7.92. The molecule has 0 fully saturated rings. The first-order valence-corrected chi connectivity index (χ1v) is 11.7. The predicted molar refractivity (Wildman–Crippen MR) is 118 cm³/mol. The number of aromatic nitrogens is 2. The van der Waals surface area contributed by atoms with Gasteiger partial charge in [0.05, 0.1) is 19.1 Å². The van der Waals surface area contributed by atoms with Gasteiger partial charge >= 0.3 is 0 Å². The van der Waals surface area contributed by atoms with Crippen LogP contribution >= 0.6 is 11.3 Å². The molecule has 1 N–H and O–H groups in total. The summed E-state index contributed by atoms with van der Waals surface area (Å²) in [5.41, 5.74) is 2.24. The standard InChI is InChI=1S/C20H22N4O4S2/c1-13-5-9-16(10-6-13)24(30(4,26)27)14(2)18(25)21-20-23-22-19(29-20)15-7-11-17(28-3)12-8-15/h5-12,14H,1-4H3,(H,21,23,25). The van der Waals surface area contributed by atoms with Crippen molar-refractivity contribution in [1.82, 2.24) is 10.2 Å². The quantitative estimate of drug-likeness (QED) is 0.597. The van der Waals surface area contributed by atoms with Crippen LogP contribution in [0.5, 0.6) is 5.75 Å². The lowest BCUT2D eigenvalue weighted by Crippen LogP contribution is -2.45. The first-order valence-electron chi connectivity index (χ1n) is 9.04. The second kappa shape index (κ2) is 8.80. The molecule has 158 valence electrons. The number of methoxy groups -OCH3 is 1. The summed E-state index contributed by atoms with van der Waals surface area (Å²) in [6, 6.07) is 13.3. The molecule has 2 aromatic carbocycles. The van der Waals surface area contributed by atoms with Crippen molar-refractivity contribution >= 4 is 38.1 Å². The Balaban J connectivity index is 1.78. The van der Waals surface area contributed by atoms with Crippen LogP contribution in [-0.2, 0) is 14.8 Å². The number of aryl methyl sites for hydroxylation is 1. The minimum atomic E-state index is -3.68. The summed E-state index contributed by atoms with van der Waals surface area (Å²) in [4.78, 5) is 12.8. The molecule has 0 aliphatic heterocycles. The van der Waals surface area contributed by atoms with Crippen LogP contribution in [0.15, 0.2) is 48.5 Å². The molecular weight excluding hydrogens is 424 g/mol. The van der Waals surface area contributed by atoms with Crippen molar-refractivity contribution in [1.29, 1.82) is 0 Å². The summed E-state index contributed by atoms with van der Waals surface area (Å²) in [7, 11) is -2.10. The molecule has 1 unspecified atom stereocenters. The fraction of sp³-hybridized carbons (Fsp3) is 0.250. The van der Waals surface area contributed by atoms with E-state index in [1.807, 2.05) is 31.2 Å². The van der Waals surface area contributed by atoms with Crippen LogP contribution in [0, 0.1) is 6.92 Å². The maximum absolute atomic E-state index is 12.8. The maximum Gasteiger partial charge on any atom is 0.249 e. The second-order valence-corrected chi connectivity index (χ2v) is 9.54. The highest BCUT2D eigenvalue weighted by atomic mass is 32.2. The van der Waals surface area contributed by atoms with Crippen molar-refractivity contribution < 1.29 is 17.9 Å². The molecule has 1 amide bonds. The van der Waals surface area contributed by atoms with Gasteiger partial charge in [-0.3, -0.25) is 14.4 Å². The number of rotatable bonds is 7. The summed E-state index contributed by atoms with van der Waals surface area (Å²) in [6.07, 6.45) is 1.07. The van der Waals surface area contributed by atoms with Gasteiger partial charge in [0.25, 0.3) is 0 Å². The molecule has 0 saturated carbocycles. The lowest BCUT2D eigenvalue weighted by atomic mass is 10.2. The smallest absolute Gasteiger partial charge is 0.249 e. The fourth-order valence-electron chi connectivity index (χ4n) is 2.83. The SMILES string of the molecule is COc1ccc(-c2nnc(NC(=O)C(C)N(c3ccc(C)cc3)S(C)(=O)=O)s2)cc1. The Morgan fingerprint density at radius 1 is 1.10 bits per heavy atom. The zero-order chi connectivity index (χ0) is 21.9. The molecule has 1 aromatic heterocycles. The largest absolute Gasteiger partial charge is 0.497 e. The summed E-state index contributed by atoms with van der Waals surface area (Å²) < 4.78 is 31.0. The zero-order valence-corrected chi connectivity index (χ0v) is 18.6. The summed E-state index contributed by atoms with van der Waals surface area (Å²) in [6.45, 7) is 3.43. The van der Waals surface area contributed by atoms with Crippen molar-refractivity contribution in [3.8, 4) is 16.3 Å². The van der Waals surface area contributed by atoms with E-state index in [1.54, 1.807) is 31.4 Å². The molecule has 0 saturated heterocycles. The Bertz CT molecular complexity index is 1130. The fourth-order valence-corrected chi connectivity index (χ4v) is 4.76. The average Bonchev–Trinajstić information content (AvgIpc) is 3.17. The molecular formula is C20H22N4O4S2. The number of carbonyl (C=O) groups is 1. The molecule has 0 aliphatic carbocycles. The van der Waals surface area contributed by atoms with E-state index < -0.39 is 22.0 Å². The highest BCUT2D eigenvalue weighted by Crippen LogP contribution is 2.28. The van der Waals surface area contributed by atoms with Crippen molar-refractivity contribution in [2.24, 2.45) is 0 Å². The average molecular weight is 447 g/mol. The summed E-state index contributed by atoms with van der Waals surface area (Å²) >= 11 is 1.20.